The topological polar surface area (TPSA) is 110 Å². The highest BCUT2D eigenvalue weighted by atomic mass is 16.6. The largest absolute Gasteiger partial charge is 0.493 e. The summed E-state index contributed by atoms with van der Waals surface area (Å²) in [5.74, 6) is -0.506. The van der Waals surface area contributed by atoms with E-state index in [9.17, 15) is 14.4 Å². The minimum Gasteiger partial charge on any atom is -0.493 e. The van der Waals surface area contributed by atoms with Gasteiger partial charge in [0.15, 0.2) is 23.7 Å². The Morgan fingerprint density at radius 2 is 1.30 bits per heavy atom. The molecule has 198 valence electrons. The number of methoxy groups -OCH3 is 3. The second kappa shape index (κ2) is 11.1. The minimum atomic E-state index is -0.712. The van der Waals surface area contributed by atoms with Gasteiger partial charge in [-0.2, -0.15) is 0 Å². The molecule has 5 atom stereocenters. The number of ether oxygens (including phenoxy) is 6. The molecule has 2 fully saturated rings. The van der Waals surface area contributed by atoms with Gasteiger partial charge in [-0.1, -0.05) is 18.2 Å². The number of esters is 3. The van der Waals surface area contributed by atoms with Gasteiger partial charge in [0.2, 0.25) is 5.75 Å². The molecule has 10 nitrogen and oxygen atoms in total. The van der Waals surface area contributed by atoms with Gasteiger partial charge in [0.1, 0.15) is 6.10 Å². The van der Waals surface area contributed by atoms with Crippen LogP contribution in [-0.2, 0) is 19.0 Å². The van der Waals surface area contributed by atoms with E-state index in [1.807, 2.05) is 18.0 Å². The van der Waals surface area contributed by atoms with Crippen molar-refractivity contribution in [1.29, 1.82) is 0 Å². The summed E-state index contributed by atoms with van der Waals surface area (Å²) in [6, 6.07) is 11.1. The molecule has 0 radical (unpaired) electrons. The Morgan fingerprint density at radius 3 is 1.81 bits per heavy atom. The summed E-state index contributed by atoms with van der Waals surface area (Å²) in [4.78, 5) is 39.9. The highest BCUT2D eigenvalue weighted by Crippen LogP contribution is 2.41. The zero-order valence-corrected chi connectivity index (χ0v) is 21.5. The van der Waals surface area contributed by atoms with Crippen LogP contribution in [0.2, 0.25) is 0 Å². The third-order valence-corrected chi connectivity index (χ3v) is 6.87. The van der Waals surface area contributed by atoms with Crippen LogP contribution in [0.1, 0.15) is 40.5 Å². The van der Waals surface area contributed by atoms with Gasteiger partial charge in [0.25, 0.3) is 0 Å². The number of piperidine rings is 1. The Bertz CT molecular complexity index is 1130. The van der Waals surface area contributed by atoms with Crippen LogP contribution < -0.4 is 14.2 Å². The fraction of sp³-hybridized carbons (Fsp3) is 0.444. The quantitative estimate of drug-likeness (QED) is 0.386. The van der Waals surface area contributed by atoms with Gasteiger partial charge in [-0.05, 0) is 31.3 Å². The normalized spacial score (nSPS) is 24.6. The molecular weight excluding hydrogens is 482 g/mol. The average molecular weight is 514 g/mol. The second-order valence-corrected chi connectivity index (χ2v) is 9.02. The Labute approximate surface area is 215 Å². The van der Waals surface area contributed by atoms with Crippen LogP contribution >= 0.6 is 0 Å². The lowest BCUT2D eigenvalue weighted by atomic mass is 10.00. The number of fused-ring (bicyclic) bond motifs is 2. The van der Waals surface area contributed by atoms with Crippen molar-refractivity contribution in [1.82, 2.24) is 4.90 Å². The number of hydrogen-bond donors (Lipinski definition) is 0. The maximum absolute atomic E-state index is 13.1. The molecule has 2 saturated heterocycles. The molecule has 2 aromatic rings. The van der Waals surface area contributed by atoms with Gasteiger partial charge in [0, 0.05) is 19.8 Å². The van der Waals surface area contributed by atoms with Crippen molar-refractivity contribution >= 4 is 17.9 Å². The van der Waals surface area contributed by atoms with E-state index in [0.717, 1.165) is 0 Å². The van der Waals surface area contributed by atoms with Crippen LogP contribution in [-0.4, -0.2) is 81.6 Å². The number of carbonyl (C=O) groups is 3. The van der Waals surface area contributed by atoms with Crippen molar-refractivity contribution in [2.75, 3.05) is 28.4 Å². The molecule has 0 aromatic heterocycles. The molecule has 0 spiro atoms. The highest BCUT2D eigenvalue weighted by Gasteiger charge is 2.56. The number of rotatable bonds is 8. The van der Waals surface area contributed by atoms with Crippen LogP contribution in [0, 0.1) is 0 Å². The van der Waals surface area contributed by atoms with Crippen molar-refractivity contribution in [2.45, 2.75) is 50.2 Å². The molecule has 0 amide bonds. The first-order valence-corrected chi connectivity index (χ1v) is 11.9. The second-order valence-electron chi connectivity index (χ2n) is 9.02. The highest BCUT2D eigenvalue weighted by molar-refractivity contribution is 5.91. The first-order valence-electron chi connectivity index (χ1n) is 11.9. The van der Waals surface area contributed by atoms with Crippen molar-refractivity contribution in [3.63, 3.8) is 0 Å². The van der Waals surface area contributed by atoms with E-state index in [2.05, 4.69) is 0 Å². The number of likely N-dealkylation sites (N-methyl/N-ethyl adjacent to an activating group) is 1. The Balaban J connectivity index is 1.54. The zero-order chi connectivity index (χ0) is 26.7. The summed E-state index contributed by atoms with van der Waals surface area (Å²) in [6.07, 6.45) is -1.09. The molecule has 10 heteroatoms. The number of benzene rings is 2. The predicted octanol–water partition coefficient (Wildman–Crippen LogP) is 2.87. The van der Waals surface area contributed by atoms with E-state index in [-0.39, 0.29) is 17.6 Å². The molecule has 2 aromatic carbocycles. The van der Waals surface area contributed by atoms with Gasteiger partial charge in [-0.25, -0.2) is 9.59 Å². The minimum absolute atomic E-state index is 0.240. The number of carbonyl (C=O) groups excluding carboxylic acids is 3. The first kappa shape index (κ1) is 26.3. The summed E-state index contributed by atoms with van der Waals surface area (Å²) in [7, 11) is 6.30. The van der Waals surface area contributed by atoms with Crippen molar-refractivity contribution in [3.8, 4) is 17.2 Å². The van der Waals surface area contributed by atoms with Crippen molar-refractivity contribution in [3.05, 3.63) is 53.6 Å². The fourth-order valence-electron chi connectivity index (χ4n) is 5.15. The van der Waals surface area contributed by atoms with E-state index in [4.69, 9.17) is 28.4 Å². The lowest BCUT2D eigenvalue weighted by Gasteiger charge is -2.36. The summed E-state index contributed by atoms with van der Waals surface area (Å²) >= 11 is 0. The zero-order valence-electron chi connectivity index (χ0n) is 21.5. The number of hydrogen-bond acceptors (Lipinski definition) is 10. The smallest absolute Gasteiger partial charge is 0.338 e. The van der Waals surface area contributed by atoms with Gasteiger partial charge >= 0.3 is 17.9 Å². The molecule has 4 rings (SSSR count). The molecule has 37 heavy (non-hydrogen) atoms. The van der Waals surface area contributed by atoms with Gasteiger partial charge in [0.05, 0.1) is 44.5 Å². The summed E-state index contributed by atoms with van der Waals surface area (Å²) < 4.78 is 33.4. The molecule has 5 unspecified atom stereocenters. The van der Waals surface area contributed by atoms with E-state index in [1.54, 1.807) is 24.3 Å². The van der Waals surface area contributed by atoms with Gasteiger partial charge in [-0.3, -0.25) is 9.69 Å². The molecule has 2 aliphatic rings. The monoisotopic (exact) mass is 513 g/mol. The maximum Gasteiger partial charge on any atom is 0.338 e. The van der Waals surface area contributed by atoms with Crippen LogP contribution in [0.3, 0.4) is 0 Å². The van der Waals surface area contributed by atoms with Crippen LogP contribution in [0.4, 0.5) is 0 Å². The summed E-state index contributed by atoms with van der Waals surface area (Å²) in [5.41, 5.74) is 0.642. The lowest BCUT2D eigenvalue weighted by Crippen LogP contribution is -2.46. The fourth-order valence-corrected chi connectivity index (χ4v) is 5.15. The number of nitrogens with zero attached hydrogens (tertiary/aromatic N) is 1. The predicted molar refractivity (Wildman–Crippen MR) is 131 cm³/mol. The molecule has 2 bridgehead atoms. The van der Waals surface area contributed by atoms with Gasteiger partial charge < -0.3 is 28.4 Å². The van der Waals surface area contributed by atoms with E-state index in [0.29, 0.717) is 35.7 Å². The van der Waals surface area contributed by atoms with Gasteiger partial charge in [-0.15, -0.1) is 0 Å². The molecule has 0 aliphatic carbocycles. The molecule has 2 heterocycles. The van der Waals surface area contributed by atoms with E-state index >= 15 is 0 Å². The lowest BCUT2D eigenvalue weighted by molar-refractivity contribution is -0.152. The Morgan fingerprint density at radius 1 is 0.757 bits per heavy atom. The van der Waals surface area contributed by atoms with Crippen LogP contribution in [0.25, 0.3) is 0 Å². The SMILES string of the molecule is COc1cc(C(=O)OC2CC3C(OC(C)=O)C(OC(=O)c4ccccc4)C(C2)N3C)cc(OC)c1OC. The van der Waals surface area contributed by atoms with Crippen LogP contribution in [0.5, 0.6) is 17.2 Å². The molecular formula is C27H31NO9. The maximum atomic E-state index is 13.1. The molecule has 2 aliphatic heterocycles. The molecule has 0 N–H and O–H groups in total. The standard InChI is InChI=1S/C27H31NO9/c1-15(29)35-23-19-13-18(36-27(31)17-11-21(32-3)25(34-5)22(12-17)33-4)14-20(28(19)2)24(23)37-26(30)16-9-7-6-8-10-16/h6-12,18-20,23-24H,13-14H2,1-5H3. The van der Waals surface area contributed by atoms with Crippen molar-refractivity contribution in [2.24, 2.45) is 0 Å². The third-order valence-electron chi connectivity index (χ3n) is 6.87. The summed E-state index contributed by atoms with van der Waals surface area (Å²) in [6.45, 7) is 1.32. The Kier molecular flexibility index (Phi) is 7.87. The Hall–Kier alpha value is -3.79. The average Bonchev–Trinajstić information content (AvgIpc) is 3.02. The van der Waals surface area contributed by atoms with E-state index in [1.165, 1.54) is 40.4 Å². The third kappa shape index (κ3) is 5.34. The first-order chi connectivity index (χ1) is 17.8. The van der Waals surface area contributed by atoms with E-state index < -0.39 is 36.2 Å². The van der Waals surface area contributed by atoms with Crippen LogP contribution in [0.15, 0.2) is 42.5 Å². The molecule has 0 saturated carbocycles. The summed E-state index contributed by atoms with van der Waals surface area (Å²) in [5, 5.41) is 0. The van der Waals surface area contributed by atoms with Crippen molar-refractivity contribution < 1.29 is 42.8 Å².